The van der Waals surface area contributed by atoms with Crippen molar-refractivity contribution in [1.29, 1.82) is 0 Å². The van der Waals surface area contributed by atoms with Crippen molar-refractivity contribution in [2.45, 2.75) is 6.61 Å². The normalized spacial score (nSPS) is 11.1. The third-order valence-electron chi connectivity index (χ3n) is 3.45. The summed E-state index contributed by atoms with van der Waals surface area (Å²) in [7, 11) is 0. The number of fused-ring (bicyclic) bond motifs is 2. The van der Waals surface area contributed by atoms with Gasteiger partial charge in [-0.2, -0.15) is 0 Å². The highest BCUT2D eigenvalue weighted by atomic mass is 32.1. The van der Waals surface area contributed by atoms with E-state index in [9.17, 15) is 4.79 Å². The Morgan fingerprint density at radius 1 is 1.23 bits per heavy atom. The van der Waals surface area contributed by atoms with E-state index in [0.29, 0.717) is 11.2 Å². The fraction of sp³-hybridized carbons (Fsp3) is 0.0625. The van der Waals surface area contributed by atoms with Gasteiger partial charge in [0, 0.05) is 16.5 Å². The zero-order valence-electron chi connectivity index (χ0n) is 11.5. The van der Waals surface area contributed by atoms with E-state index in [4.69, 9.17) is 4.74 Å². The summed E-state index contributed by atoms with van der Waals surface area (Å²) >= 11 is 1.65. The first kappa shape index (κ1) is 13.0. The molecule has 0 spiro atoms. The van der Waals surface area contributed by atoms with Gasteiger partial charge in [0.15, 0.2) is 5.65 Å². The van der Waals surface area contributed by atoms with Crippen molar-refractivity contribution in [3.63, 3.8) is 0 Å². The van der Waals surface area contributed by atoms with Crippen LogP contribution in [-0.2, 0) is 11.3 Å². The topological polar surface area (TPSA) is 56.5 Å². The Morgan fingerprint density at radius 3 is 3.09 bits per heavy atom. The number of ether oxygens (including phenoxy) is 1. The summed E-state index contributed by atoms with van der Waals surface area (Å²) in [5, 5.41) is 10.8. The number of hydrogen-bond donors (Lipinski definition) is 0. The van der Waals surface area contributed by atoms with E-state index < -0.39 is 0 Å². The minimum Gasteiger partial charge on any atom is -0.457 e. The Hall–Kier alpha value is -2.73. The molecule has 3 aromatic heterocycles. The predicted octanol–water partition coefficient (Wildman–Crippen LogP) is 3.30. The molecule has 22 heavy (non-hydrogen) atoms. The molecule has 108 valence electrons. The largest absolute Gasteiger partial charge is 0.457 e. The van der Waals surface area contributed by atoms with E-state index in [1.54, 1.807) is 40.4 Å². The number of thiophene rings is 1. The van der Waals surface area contributed by atoms with Gasteiger partial charge in [-0.15, -0.1) is 21.5 Å². The minimum atomic E-state index is -0.356. The molecule has 0 saturated heterocycles. The Kier molecular flexibility index (Phi) is 3.08. The van der Waals surface area contributed by atoms with Gasteiger partial charge in [-0.3, -0.25) is 4.40 Å². The number of aromatic nitrogens is 3. The second-order valence-electron chi connectivity index (χ2n) is 4.85. The number of rotatable bonds is 3. The summed E-state index contributed by atoms with van der Waals surface area (Å²) in [6.45, 7) is 0.267. The highest BCUT2D eigenvalue weighted by Gasteiger charge is 2.11. The standard InChI is InChI=1S/C16H11N3O2S/c20-16(11-5-6-15-18-17-10-19(15)7-11)21-8-12-9-22-14-4-2-1-3-13(12)14/h1-7,9-10H,8H2. The molecule has 0 aliphatic rings. The van der Waals surface area contributed by atoms with Gasteiger partial charge in [0.25, 0.3) is 0 Å². The van der Waals surface area contributed by atoms with Crippen LogP contribution in [-0.4, -0.2) is 20.6 Å². The van der Waals surface area contributed by atoms with Crippen molar-refractivity contribution in [3.05, 3.63) is 65.4 Å². The van der Waals surface area contributed by atoms with Crippen LogP contribution in [0.3, 0.4) is 0 Å². The van der Waals surface area contributed by atoms with Crippen LogP contribution in [0.2, 0.25) is 0 Å². The third-order valence-corrected chi connectivity index (χ3v) is 4.46. The highest BCUT2D eigenvalue weighted by molar-refractivity contribution is 7.17. The van der Waals surface area contributed by atoms with Crippen LogP contribution in [0.15, 0.2) is 54.3 Å². The molecule has 4 rings (SSSR count). The summed E-state index contributed by atoms with van der Waals surface area (Å²) < 4.78 is 8.30. The average molecular weight is 309 g/mol. The average Bonchev–Trinajstić information content (AvgIpc) is 3.18. The Morgan fingerprint density at radius 2 is 2.14 bits per heavy atom. The van der Waals surface area contributed by atoms with E-state index in [1.807, 2.05) is 23.6 Å². The van der Waals surface area contributed by atoms with Crippen LogP contribution >= 0.6 is 11.3 Å². The number of carbonyl (C=O) groups is 1. The lowest BCUT2D eigenvalue weighted by atomic mass is 10.2. The molecule has 0 atom stereocenters. The molecule has 0 amide bonds. The van der Waals surface area contributed by atoms with Crippen LogP contribution in [0, 0.1) is 0 Å². The third kappa shape index (κ3) is 2.23. The maximum Gasteiger partial charge on any atom is 0.339 e. The number of pyridine rings is 1. The summed E-state index contributed by atoms with van der Waals surface area (Å²) in [5.74, 6) is -0.356. The zero-order chi connectivity index (χ0) is 14.9. The van der Waals surface area contributed by atoms with Crippen molar-refractivity contribution in [2.24, 2.45) is 0 Å². The van der Waals surface area contributed by atoms with Crippen LogP contribution in [0.4, 0.5) is 0 Å². The van der Waals surface area contributed by atoms with Crippen molar-refractivity contribution in [2.75, 3.05) is 0 Å². The molecule has 6 heteroatoms. The highest BCUT2D eigenvalue weighted by Crippen LogP contribution is 2.26. The molecule has 0 fully saturated rings. The van der Waals surface area contributed by atoms with Gasteiger partial charge in [0.1, 0.15) is 12.9 Å². The summed E-state index contributed by atoms with van der Waals surface area (Å²) in [5.41, 5.74) is 2.20. The number of benzene rings is 1. The Balaban J connectivity index is 1.54. The molecule has 0 saturated carbocycles. The van der Waals surface area contributed by atoms with Crippen LogP contribution in [0.25, 0.3) is 15.7 Å². The van der Waals surface area contributed by atoms with Crippen molar-refractivity contribution < 1.29 is 9.53 Å². The van der Waals surface area contributed by atoms with Gasteiger partial charge in [-0.05, 0) is 29.0 Å². The first-order chi connectivity index (χ1) is 10.8. The lowest BCUT2D eigenvalue weighted by Crippen LogP contribution is -2.06. The summed E-state index contributed by atoms with van der Waals surface area (Å²) in [4.78, 5) is 12.2. The lowest BCUT2D eigenvalue weighted by Gasteiger charge is -2.04. The second kappa shape index (κ2) is 5.23. The molecule has 1 aromatic carbocycles. The predicted molar refractivity (Wildman–Crippen MR) is 83.9 cm³/mol. The molecular formula is C16H11N3O2S. The molecule has 5 nitrogen and oxygen atoms in total. The molecule has 0 aliphatic carbocycles. The van der Waals surface area contributed by atoms with Crippen LogP contribution in [0.1, 0.15) is 15.9 Å². The lowest BCUT2D eigenvalue weighted by molar-refractivity contribution is 0.0474. The van der Waals surface area contributed by atoms with E-state index in [0.717, 1.165) is 10.9 Å². The molecule has 4 aromatic rings. The molecule has 0 bridgehead atoms. The first-order valence-electron chi connectivity index (χ1n) is 6.73. The van der Waals surface area contributed by atoms with Gasteiger partial charge in [-0.1, -0.05) is 18.2 Å². The van der Waals surface area contributed by atoms with Gasteiger partial charge in [-0.25, -0.2) is 4.79 Å². The summed E-state index contributed by atoms with van der Waals surface area (Å²) in [6, 6.07) is 11.5. The number of nitrogens with zero attached hydrogens (tertiary/aromatic N) is 3. The fourth-order valence-electron chi connectivity index (χ4n) is 2.32. The maximum atomic E-state index is 12.2. The van der Waals surface area contributed by atoms with Gasteiger partial charge >= 0.3 is 5.97 Å². The monoisotopic (exact) mass is 309 g/mol. The quantitative estimate of drug-likeness (QED) is 0.545. The summed E-state index contributed by atoms with van der Waals surface area (Å²) in [6.07, 6.45) is 3.22. The Bertz CT molecular complexity index is 974. The smallest absolute Gasteiger partial charge is 0.339 e. The molecular weight excluding hydrogens is 298 g/mol. The maximum absolute atomic E-state index is 12.2. The zero-order valence-corrected chi connectivity index (χ0v) is 12.3. The van der Waals surface area contributed by atoms with E-state index in [2.05, 4.69) is 16.3 Å². The second-order valence-corrected chi connectivity index (χ2v) is 5.76. The first-order valence-corrected chi connectivity index (χ1v) is 7.61. The SMILES string of the molecule is O=C(OCc1csc2ccccc12)c1ccc2nncn2c1. The van der Waals surface area contributed by atoms with Crippen molar-refractivity contribution in [1.82, 2.24) is 14.6 Å². The fourth-order valence-corrected chi connectivity index (χ4v) is 3.27. The van der Waals surface area contributed by atoms with Gasteiger partial charge in [0.2, 0.25) is 0 Å². The van der Waals surface area contributed by atoms with Gasteiger partial charge < -0.3 is 4.74 Å². The number of esters is 1. The number of carbonyl (C=O) groups excluding carboxylic acids is 1. The Labute approximate surface area is 129 Å². The van der Waals surface area contributed by atoms with E-state index >= 15 is 0 Å². The number of hydrogen-bond acceptors (Lipinski definition) is 5. The van der Waals surface area contributed by atoms with Crippen molar-refractivity contribution in [3.8, 4) is 0 Å². The van der Waals surface area contributed by atoms with Crippen molar-refractivity contribution >= 4 is 33.0 Å². The van der Waals surface area contributed by atoms with Crippen LogP contribution in [0.5, 0.6) is 0 Å². The molecule has 0 radical (unpaired) electrons. The van der Waals surface area contributed by atoms with E-state index in [-0.39, 0.29) is 12.6 Å². The minimum absolute atomic E-state index is 0.267. The molecule has 0 N–H and O–H groups in total. The molecule has 0 aliphatic heterocycles. The van der Waals surface area contributed by atoms with Crippen LogP contribution < -0.4 is 0 Å². The van der Waals surface area contributed by atoms with Gasteiger partial charge in [0.05, 0.1) is 5.56 Å². The molecule has 0 unspecified atom stereocenters. The van der Waals surface area contributed by atoms with E-state index in [1.165, 1.54) is 4.70 Å². The molecule has 3 heterocycles.